The van der Waals surface area contributed by atoms with Crippen LogP contribution in [-0.2, 0) is 0 Å². The Balaban J connectivity index is 2.45. The lowest BCUT2D eigenvalue weighted by Crippen LogP contribution is -2.17. The van der Waals surface area contributed by atoms with Crippen molar-refractivity contribution in [3.63, 3.8) is 0 Å². The van der Waals surface area contributed by atoms with Gasteiger partial charge in [0.25, 0.3) is 0 Å². The van der Waals surface area contributed by atoms with Crippen LogP contribution in [0.25, 0.3) is 11.3 Å². The number of ether oxygens (including phenoxy) is 1. The molecule has 0 saturated heterocycles. The van der Waals surface area contributed by atoms with Gasteiger partial charge in [0, 0.05) is 11.8 Å². The van der Waals surface area contributed by atoms with Gasteiger partial charge in [0.15, 0.2) is 0 Å². The van der Waals surface area contributed by atoms with Crippen molar-refractivity contribution in [1.82, 2.24) is 9.97 Å². The number of aromatic nitrogens is 2. The average molecular weight is 275 g/mol. The minimum Gasteiger partial charge on any atom is -0.405 e. The van der Waals surface area contributed by atoms with Crippen LogP contribution in [0.5, 0.6) is 5.75 Å². The molecule has 1 aromatic heterocycles. The highest BCUT2D eigenvalue weighted by molar-refractivity contribution is 6.28. The third-order valence-electron chi connectivity index (χ3n) is 2.01. The minimum absolute atomic E-state index is 0.0469. The lowest BCUT2D eigenvalue weighted by Gasteiger charge is -2.12. The first-order valence-corrected chi connectivity index (χ1v) is 5.17. The van der Waals surface area contributed by atoms with Crippen LogP contribution < -0.4 is 4.74 Å². The Morgan fingerprint density at radius 3 is 2.50 bits per heavy atom. The first-order chi connectivity index (χ1) is 8.46. The Morgan fingerprint density at radius 1 is 1.11 bits per heavy atom. The van der Waals surface area contributed by atoms with Crippen molar-refractivity contribution in [2.75, 3.05) is 0 Å². The first-order valence-electron chi connectivity index (χ1n) is 4.79. The fourth-order valence-electron chi connectivity index (χ4n) is 1.38. The van der Waals surface area contributed by atoms with Gasteiger partial charge in [-0.2, -0.15) is 0 Å². The summed E-state index contributed by atoms with van der Waals surface area (Å²) in [6.45, 7) is 0. The molecule has 1 aromatic carbocycles. The summed E-state index contributed by atoms with van der Waals surface area (Å²) in [6, 6.07) is 7.13. The number of benzene rings is 1. The molecular weight excluding hydrogens is 269 g/mol. The quantitative estimate of drug-likeness (QED) is 0.783. The molecule has 0 aliphatic carbocycles. The molecule has 0 saturated carbocycles. The van der Waals surface area contributed by atoms with Crippen LogP contribution in [0, 0.1) is 0 Å². The Labute approximate surface area is 105 Å². The summed E-state index contributed by atoms with van der Waals surface area (Å²) < 4.78 is 40.6. The van der Waals surface area contributed by atoms with E-state index in [0.717, 1.165) is 0 Å². The van der Waals surface area contributed by atoms with E-state index in [-0.39, 0.29) is 22.3 Å². The maximum absolute atomic E-state index is 12.2. The van der Waals surface area contributed by atoms with E-state index in [0.29, 0.717) is 0 Å². The molecule has 0 amide bonds. The molecule has 0 N–H and O–H groups in total. The van der Waals surface area contributed by atoms with Gasteiger partial charge in [-0.25, -0.2) is 9.97 Å². The van der Waals surface area contributed by atoms with Gasteiger partial charge in [0.1, 0.15) is 5.75 Å². The summed E-state index contributed by atoms with van der Waals surface area (Å²) >= 11 is 5.59. The third-order valence-corrected chi connectivity index (χ3v) is 2.20. The van der Waals surface area contributed by atoms with Crippen molar-refractivity contribution in [3.05, 3.63) is 41.8 Å². The maximum Gasteiger partial charge on any atom is 0.573 e. The van der Waals surface area contributed by atoms with Gasteiger partial charge in [-0.05, 0) is 29.8 Å². The maximum atomic E-state index is 12.2. The molecule has 0 aliphatic heterocycles. The van der Waals surface area contributed by atoms with Crippen LogP contribution >= 0.6 is 11.6 Å². The highest BCUT2D eigenvalue weighted by atomic mass is 35.5. The van der Waals surface area contributed by atoms with Crippen LogP contribution in [0.1, 0.15) is 0 Å². The second-order valence-electron chi connectivity index (χ2n) is 3.25. The molecule has 94 valence electrons. The first kappa shape index (κ1) is 12.6. The predicted octanol–water partition coefficient (Wildman–Crippen LogP) is 3.70. The molecule has 2 aromatic rings. The van der Waals surface area contributed by atoms with Crippen LogP contribution in [0.15, 0.2) is 36.5 Å². The van der Waals surface area contributed by atoms with Crippen molar-refractivity contribution < 1.29 is 17.9 Å². The molecule has 3 nitrogen and oxygen atoms in total. The van der Waals surface area contributed by atoms with Crippen molar-refractivity contribution in [3.8, 4) is 17.0 Å². The van der Waals surface area contributed by atoms with Gasteiger partial charge in [0.2, 0.25) is 5.28 Å². The fourth-order valence-corrected chi connectivity index (χ4v) is 1.52. The van der Waals surface area contributed by atoms with Gasteiger partial charge < -0.3 is 4.74 Å². The zero-order valence-electron chi connectivity index (χ0n) is 8.78. The van der Waals surface area contributed by atoms with E-state index in [4.69, 9.17) is 11.6 Å². The number of hydrogen-bond donors (Lipinski definition) is 0. The summed E-state index contributed by atoms with van der Waals surface area (Å²) in [5.41, 5.74) is 0.453. The summed E-state index contributed by atoms with van der Waals surface area (Å²) in [4.78, 5) is 7.50. The predicted molar refractivity (Wildman–Crippen MR) is 59.2 cm³/mol. The highest BCUT2D eigenvalue weighted by Gasteiger charge is 2.32. The summed E-state index contributed by atoms with van der Waals surface area (Å²) in [5.74, 6) is -0.334. The zero-order chi connectivity index (χ0) is 13.2. The molecule has 0 aliphatic rings. The molecule has 0 fully saturated rings. The Kier molecular flexibility index (Phi) is 3.38. The number of nitrogens with zero attached hydrogens (tertiary/aromatic N) is 2. The molecule has 18 heavy (non-hydrogen) atoms. The lowest BCUT2D eigenvalue weighted by atomic mass is 10.1. The highest BCUT2D eigenvalue weighted by Crippen LogP contribution is 2.32. The summed E-state index contributed by atoms with van der Waals surface area (Å²) in [5, 5.41) is -0.0469. The normalized spacial score (nSPS) is 11.3. The van der Waals surface area contributed by atoms with E-state index in [2.05, 4.69) is 14.7 Å². The van der Waals surface area contributed by atoms with Gasteiger partial charge in [-0.3, -0.25) is 0 Å². The van der Waals surface area contributed by atoms with E-state index in [1.165, 1.54) is 30.5 Å². The summed E-state index contributed by atoms with van der Waals surface area (Å²) in [7, 11) is 0. The zero-order valence-corrected chi connectivity index (χ0v) is 9.53. The molecule has 0 bridgehead atoms. The molecule has 7 heteroatoms. The average Bonchev–Trinajstić information content (AvgIpc) is 2.27. The molecule has 0 atom stereocenters. The number of halogens is 4. The molecular formula is C11H6ClF3N2O. The van der Waals surface area contributed by atoms with Gasteiger partial charge >= 0.3 is 6.36 Å². The van der Waals surface area contributed by atoms with E-state index in [1.54, 1.807) is 6.07 Å². The third kappa shape index (κ3) is 3.10. The molecule has 1 heterocycles. The molecule has 0 spiro atoms. The van der Waals surface area contributed by atoms with Crippen molar-refractivity contribution in [2.24, 2.45) is 0 Å². The lowest BCUT2D eigenvalue weighted by molar-refractivity contribution is -0.274. The van der Waals surface area contributed by atoms with Crippen molar-refractivity contribution in [1.29, 1.82) is 0 Å². The second kappa shape index (κ2) is 4.81. The van der Waals surface area contributed by atoms with Crippen LogP contribution in [-0.4, -0.2) is 16.3 Å². The van der Waals surface area contributed by atoms with Gasteiger partial charge in [-0.1, -0.05) is 12.1 Å². The smallest absolute Gasteiger partial charge is 0.405 e. The Bertz CT molecular complexity index is 560. The van der Waals surface area contributed by atoms with Crippen LogP contribution in [0.3, 0.4) is 0 Å². The van der Waals surface area contributed by atoms with Crippen LogP contribution in [0.4, 0.5) is 13.2 Å². The van der Waals surface area contributed by atoms with E-state index in [9.17, 15) is 13.2 Å². The van der Waals surface area contributed by atoms with E-state index >= 15 is 0 Å². The number of rotatable bonds is 2. The molecule has 2 rings (SSSR count). The Hall–Kier alpha value is -1.82. The van der Waals surface area contributed by atoms with Gasteiger partial charge in [0.05, 0.1) is 5.69 Å². The number of para-hydroxylation sites is 1. The Morgan fingerprint density at radius 2 is 1.83 bits per heavy atom. The van der Waals surface area contributed by atoms with Crippen molar-refractivity contribution in [2.45, 2.75) is 6.36 Å². The van der Waals surface area contributed by atoms with Crippen LogP contribution in [0.2, 0.25) is 5.28 Å². The van der Waals surface area contributed by atoms with Crippen molar-refractivity contribution >= 4 is 11.6 Å². The second-order valence-corrected chi connectivity index (χ2v) is 3.59. The standard InChI is InChI=1S/C11H6ClF3N2O/c12-10-16-6-5-8(17-10)7-3-1-2-4-9(7)18-11(13,14)15/h1-6H. The number of alkyl halides is 3. The monoisotopic (exact) mass is 274 g/mol. The summed E-state index contributed by atoms with van der Waals surface area (Å²) in [6.07, 6.45) is -3.40. The topological polar surface area (TPSA) is 35.0 Å². The number of hydrogen-bond acceptors (Lipinski definition) is 3. The fraction of sp³-hybridized carbons (Fsp3) is 0.0909. The molecule has 0 unspecified atom stereocenters. The largest absolute Gasteiger partial charge is 0.573 e. The SMILES string of the molecule is FC(F)(F)Oc1ccccc1-c1ccnc(Cl)n1. The molecule has 0 radical (unpaired) electrons. The van der Waals surface area contributed by atoms with E-state index in [1.807, 2.05) is 0 Å². The minimum atomic E-state index is -4.76. The van der Waals surface area contributed by atoms with Gasteiger partial charge in [-0.15, -0.1) is 13.2 Å². The van der Waals surface area contributed by atoms with E-state index < -0.39 is 6.36 Å².